The quantitative estimate of drug-likeness (QED) is 0.442. The first kappa shape index (κ1) is 21.4. The summed E-state index contributed by atoms with van der Waals surface area (Å²) in [7, 11) is 3.36. The van der Waals surface area contributed by atoms with Gasteiger partial charge in [0.05, 0.1) is 11.9 Å². The molecule has 8 nitrogen and oxygen atoms in total. The van der Waals surface area contributed by atoms with Crippen molar-refractivity contribution >= 4 is 10.9 Å². The summed E-state index contributed by atoms with van der Waals surface area (Å²) in [4.78, 5) is 28.8. The molecule has 1 N–H and O–H groups in total. The number of aromatic nitrogens is 5. The maximum absolute atomic E-state index is 12.9. The Morgan fingerprint density at radius 3 is 2.38 bits per heavy atom. The zero-order valence-electron chi connectivity index (χ0n) is 19.3. The minimum atomic E-state index is -0.185. The van der Waals surface area contributed by atoms with Crippen LogP contribution in [0.25, 0.3) is 33.4 Å². The third kappa shape index (κ3) is 3.59. The van der Waals surface area contributed by atoms with Crippen LogP contribution >= 0.6 is 0 Å². The number of aryl methyl sites for hydroxylation is 4. The number of H-pyrrole nitrogens is 1. The number of benzene rings is 1. The molecule has 1 aromatic carbocycles. The average molecular weight is 454 g/mol. The van der Waals surface area contributed by atoms with Gasteiger partial charge in [0.2, 0.25) is 0 Å². The minimum Gasteiger partial charge on any atom is -0.455 e. The first-order valence-electron chi connectivity index (χ1n) is 10.8. The molecule has 0 aliphatic carbocycles. The lowest BCUT2D eigenvalue weighted by atomic mass is 10.0. The Kier molecular flexibility index (Phi) is 5.13. The highest BCUT2D eigenvalue weighted by Gasteiger charge is 2.19. The lowest BCUT2D eigenvalue weighted by Gasteiger charge is -2.17. The van der Waals surface area contributed by atoms with Crippen LogP contribution in [0.2, 0.25) is 0 Å². The van der Waals surface area contributed by atoms with E-state index in [0.717, 1.165) is 16.9 Å². The molecule has 0 bridgehead atoms. The number of nitrogens with zero attached hydrogens (tertiary/aromatic N) is 4. The van der Waals surface area contributed by atoms with Crippen molar-refractivity contribution in [1.29, 1.82) is 0 Å². The molecule has 0 fully saturated rings. The largest absolute Gasteiger partial charge is 0.455 e. The maximum Gasteiger partial charge on any atom is 0.274 e. The van der Waals surface area contributed by atoms with Gasteiger partial charge in [-0.05, 0) is 43.2 Å². The summed E-state index contributed by atoms with van der Waals surface area (Å²) in [6.45, 7) is 3.96. The molecule has 0 aliphatic rings. The van der Waals surface area contributed by atoms with Crippen LogP contribution in [0.5, 0.6) is 11.5 Å². The number of fused-ring (bicyclic) bond motifs is 1. The molecule has 0 amide bonds. The van der Waals surface area contributed by atoms with Crippen molar-refractivity contribution in [2.75, 3.05) is 0 Å². The number of hydrogen-bond acceptors (Lipinski definition) is 5. The van der Waals surface area contributed by atoms with Crippen LogP contribution in [0.15, 0.2) is 70.6 Å². The summed E-state index contributed by atoms with van der Waals surface area (Å²) in [5, 5.41) is 8.75. The van der Waals surface area contributed by atoms with Gasteiger partial charge in [-0.15, -0.1) is 5.10 Å². The number of aromatic amines is 1. The normalized spacial score (nSPS) is 11.2. The summed E-state index contributed by atoms with van der Waals surface area (Å²) in [5.74, 6) is 1.25. The zero-order chi connectivity index (χ0) is 24.0. The van der Waals surface area contributed by atoms with Crippen molar-refractivity contribution in [2.45, 2.75) is 13.8 Å². The van der Waals surface area contributed by atoms with Gasteiger partial charge in [0.15, 0.2) is 5.75 Å². The van der Waals surface area contributed by atoms with Gasteiger partial charge < -0.3 is 18.9 Å². The standard InChI is InChI=1S/C26H23N5O3/c1-15-7-5-8-16(2)25(15)34-22-14-30(3)23(32)12-17(22)19-13-31(4)26(33)24-18(19)11-21(28-24)20-9-6-10-27-29-20/h5-14,28H,1-4H3. The highest BCUT2D eigenvalue weighted by molar-refractivity contribution is 5.98. The Morgan fingerprint density at radius 2 is 1.68 bits per heavy atom. The summed E-state index contributed by atoms with van der Waals surface area (Å²) >= 11 is 0. The lowest BCUT2D eigenvalue weighted by Crippen LogP contribution is -2.18. The Morgan fingerprint density at radius 1 is 0.912 bits per heavy atom. The van der Waals surface area contributed by atoms with E-state index in [1.54, 1.807) is 38.8 Å². The Labute approximate surface area is 195 Å². The molecule has 0 aliphatic heterocycles. The molecule has 0 atom stereocenters. The molecular formula is C26H23N5O3. The molecule has 5 rings (SSSR count). The van der Waals surface area contributed by atoms with E-state index in [4.69, 9.17) is 4.74 Å². The highest BCUT2D eigenvalue weighted by Crippen LogP contribution is 2.38. The number of ether oxygens (including phenoxy) is 1. The van der Waals surface area contributed by atoms with E-state index in [0.29, 0.717) is 39.2 Å². The van der Waals surface area contributed by atoms with Crippen molar-refractivity contribution in [3.8, 4) is 34.0 Å². The predicted molar refractivity (Wildman–Crippen MR) is 131 cm³/mol. The van der Waals surface area contributed by atoms with Crippen LogP contribution in [0.1, 0.15) is 11.1 Å². The van der Waals surface area contributed by atoms with Crippen LogP contribution in [0.4, 0.5) is 0 Å². The van der Waals surface area contributed by atoms with Gasteiger partial charge in [-0.3, -0.25) is 9.59 Å². The first-order valence-corrected chi connectivity index (χ1v) is 10.8. The summed E-state index contributed by atoms with van der Waals surface area (Å²) in [6.07, 6.45) is 5.00. The van der Waals surface area contributed by atoms with Gasteiger partial charge in [-0.1, -0.05) is 18.2 Å². The van der Waals surface area contributed by atoms with E-state index in [2.05, 4.69) is 15.2 Å². The topological polar surface area (TPSA) is 94.8 Å². The molecule has 0 saturated heterocycles. The third-order valence-corrected chi connectivity index (χ3v) is 5.92. The summed E-state index contributed by atoms with van der Waals surface area (Å²) < 4.78 is 9.37. The molecule has 34 heavy (non-hydrogen) atoms. The van der Waals surface area contributed by atoms with Gasteiger partial charge in [0, 0.05) is 49.1 Å². The molecule has 0 radical (unpaired) electrons. The molecule has 0 saturated carbocycles. The summed E-state index contributed by atoms with van der Waals surface area (Å²) in [5.41, 5.74) is 4.58. The molecule has 4 heterocycles. The smallest absolute Gasteiger partial charge is 0.274 e. The van der Waals surface area contributed by atoms with E-state index in [1.807, 2.05) is 44.2 Å². The van der Waals surface area contributed by atoms with Crippen molar-refractivity contribution < 1.29 is 4.74 Å². The van der Waals surface area contributed by atoms with Gasteiger partial charge in [-0.2, -0.15) is 5.10 Å². The van der Waals surface area contributed by atoms with Crippen molar-refractivity contribution in [3.05, 3.63) is 92.9 Å². The number of para-hydroxylation sites is 1. The van der Waals surface area contributed by atoms with E-state index < -0.39 is 0 Å². The van der Waals surface area contributed by atoms with Crippen LogP contribution in [-0.2, 0) is 14.1 Å². The minimum absolute atomic E-state index is 0.185. The average Bonchev–Trinajstić information content (AvgIpc) is 3.27. The number of hydrogen-bond donors (Lipinski definition) is 1. The highest BCUT2D eigenvalue weighted by atomic mass is 16.5. The number of rotatable bonds is 4. The molecule has 0 spiro atoms. The van der Waals surface area contributed by atoms with Gasteiger partial charge in [0.1, 0.15) is 17.0 Å². The second kappa shape index (κ2) is 8.15. The fraction of sp³-hybridized carbons (Fsp3) is 0.154. The third-order valence-electron chi connectivity index (χ3n) is 5.92. The molecule has 5 aromatic rings. The van der Waals surface area contributed by atoms with Gasteiger partial charge in [0.25, 0.3) is 11.1 Å². The second-order valence-electron chi connectivity index (χ2n) is 8.36. The van der Waals surface area contributed by atoms with Crippen molar-refractivity contribution in [2.24, 2.45) is 14.1 Å². The number of pyridine rings is 2. The molecule has 4 aromatic heterocycles. The molecule has 8 heteroatoms. The van der Waals surface area contributed by atoms with Gasteiger partial charge >= 0.3 is 0 Å². The maximum atomic E-state index is 12.9. The zero-order valence-corrected chi connectivity index (χ0v) is 19.3. The Hall–Kier alpha value is -4.46. The van der Waals surface area contributed by atoms with Crippen molar-refractivity contribution in [3.63, 3.8) is 0 Å². The fourth-order valence-electron chi connectivity index (χ4n) is 4.10. The SMILES string of the molecule is Cc1cccc(C)c1Oc1cn(C)c(=O)cc1-c1cn(C)c(=O)c2[nH]c(-c3cccnn3)cc12. The number of nitrogens with one attached hydrogen (secondary N) is 1. The van der Waals surface area contributed by atoms with Crippen LogP contribution in [-0.4, -0.2) is 24.3 Å². The van der Waals surface area contributed by atoms with E-state index in [1.165, 1.54) is 15.2 Å². The Bertz CT molecular complexity index is 1640. The van der Waals surface area contributed by atoms with Gasteiger partial charge in [-0.25, -0.2) is 0 Å². The predicted octanol–water partition coefficient (Wildman–Crippen LogP) is 4.10. The van der Waals surface area contributed by atoms with E-state index >= 15 is 0 Å². The first-order chi connectivity index (χ1) is 16.3. The lowest BCUT2D eigenvalue weighted by molar-refractivity contribution is 0.470. The summed E-state index contributed by atoms with van der Waals surface area (Å²) in [6, 6.07) is 12.9. The molecule has 170 valence electrons. The van der Waals surface area contributed by atoms with E-state index in [9.17, 15) is 9.59 Å². The fourth-order valence-corrected chi connectivity index (χ4v) is 4.10. The molecule has 0 unspecified atom stereocenters. The van der Waals surface area contributed by atoms with Crippen LogP contribution in [0.3, 0.4) is 0 Å². The van der Waals surface area contributed by atoms with Crippen LogP contribution < -0.4 is 15.9 Å². The van der Waals surface area contributed by atoms with Crippen molar-refractivity contribution in [1.82, 2.24) is 24.3 Å². The monoisotopic (exact) mass is 453 g/mol. The molecular weight excluding hydrogens is 430 g/mol. The Balaban J connectivity index is 1.78. The van der Waals surface area contributed by atoms with Crippen LogP contribution in [0, 0.1) is 13.8 Å². The second-order valence-corrected chi connectivity index (χ2v) is 8.36. The van der Waals surface area contributed by atoms with E-state index in [-0.39, 0.29) is 11.1 Å².